The highest BCUT2D eigenvalue weighted by atomic mass is 35.5. The number of ether oxygens (including phenoxy) is 1. The molecule has 1 amide bonds. The summed E-state index contributed by atoms with van der Waals surface area (Å²) in [4.78, 5) is 17.0. The van der Waals surface area contributed by atoms with Gasteiger partial charge in [0.2, 0.25) is 0 Å². The van der Waals surface area contributed by atoms with E-state index in [4.69, 9.17) is 20.8 Å². The summed E-state index contributed by atoms with van der Waals surface area (Å²) in [6.45, 7) is 1.48. The largest absolute Gasteiger partial charge is 0.493 e. The number of halogens is 1. The predicted octanol–water partition coefficient (Wildman–Crippen LogP) is 3.65. The van der Waals surface area contributed by atoms with Gasteiger partial charge < -0.3 is 19.0 Å². The topological polar surface area (TPSA) is 45.9 Å². The van der Waals surface area contributed by atoms with Crippen molar-refractivity contribution >= 4 is 28.5 Å². The number of carbonyl (C=O) groups is 1. The molecule has 0 spiro atoms. The van der Waals surface area contributed by atoms with Gasteiger partial charge in [-0.25, -0.2) is 0 Å². The van der Waals surface area contributed by atoms with Crippen molar-refractivity contribution in [2.45, 2.75) is 25.3 Å². The van der Waals surface area contributed by atoms with E-state index in [1.165, 1.54) is 0 Å². The monoisotopic (exact) mass is 350 g/mol. The number of benzene rings is 1. The Kier molecular flexibility index (Phi) is 5.01. The van der Waals surface area contributed by atoms with Crippen molar-refractivity contribution in [1.29, 1.82) is 0 Å². The van der Waals surface area contributed by atoms with Gasteiger partial charge in [0.25, 0.3) is 5.91 Å². The number of rotatable bonds is 3. The minimum Gasteiger partial charge on any atom is -0.493 e. The predicted molar refractivity (Wildman–Crippen MR) is 95.0 cm³/mol. The summed E-state index contributed by atoms with van der Waals surface area (Å²) < 4.78 is 11.1. The second-order valence-corrected chi connectivity index (χ2v) is 6.94. The number of likely N-dealkylation sites (tertiary alicyclic amines) is 1. The zero-order chi connectivity index (χ0) is 17.3. The Hall–Kier alpha value is -1.72. The fourth-order valence-electron chi connectivity index (χ4n) is 3.22. The molecule has 0 saturated carbocycles. The van der Waals surface area contributed by atoms with Gasteiger partial charge in [-0.15, -0.1) is 0 Å². The number of carbonyl (C=O) groups excluding carboxylic acids is 1. The molecule has 24 heavy (non-hydrogen) atoms. The Morgan fingerprint density at radius 3 is 2.83 bits per heavy atom. The van der Waals surface area contributed by atoms with Crippen LogP contribution < -0.4 is 4.74 Å². The molecule has 1 aliphatic rings. The molecule has 2 aromatic rings. The van der Waals surface area contributed by atoms with E-state index in [1.807, 2.05) is 4.90 Å². The van der Waals surface area contributed by atoms with Crippen molar-refractivity contribution in [2.24, 2.45) is 0 Å². The van der Waals surface area contributed by atoms with E-state index in [-0.39, 0.29) is 5.91 Å². The number of hydrogen-bond acceptors (Lipinski definition) is 4. The van der Waals surface area contributed by atoms with Gasteiger partial charge in [-0.1, -0.05) is 18.0 Å². The number of hydrogen-bond donors (Lipinski definition) is 0. The Bertz CT molecular complexity index is 741. The Labute approximate surface area is 147 Å². The van der Waals surface area contributed by atoms with Crippen molar-refractivity contribution in [3.63, 3.8) is 0 Å². The maximum Gasteiger partial charge on any atom is 0.289 e. The molecule has 130 valence electrons. The molecule has 1 atom stereocenters. The second kappa shape index (κ2) is 7.03. The smallest absolute Gasteiger partial charge is 0.289 e. The first-order valence-corrected chi connectivity index (χ1v) is 8.60. The van der Waals surface area contributed by atoms with E-state index >= 15 is 0 Å². The van der Waals surface area contributed by atoms with Crippen LogP contribution in [0.3, 0.4) is 0 Å². The van der Waals surface area contributed by atoms with Crippen LogP contribution in [-0.4, -0.2) is 56.0 Å². The third-order valence-corrected chi connectivity index (χ3v) is 4.86. The highest BCUT2D eigenvalue weighted by Crippen LogP contribution is 2.33. The molecule has 0 unspecified atom stereocenters. The molecule has 0 aliphatic carbocycles. The first-order valence-electron chi connectivity index (χ1n) is 8.22. The van der Waals surface area contributed by atoms with Crippen LogP contribution in [0.5, 0.6) is 5.75 Å². The molecule has 1 aromatic heterocycles. The molecule has 1 aliphatic heterocycles. The van der Waals surface area contributed by atoms with Crippen molar-refractivity contribution in [3.8, 4) is 5.75 Å². The molecule has 1 aromatic carbocycles. The number of methoxy groups -OCH3 is 1. The van der Waals surface area contributed by atoms with Crippen molar-refractivity contribution < 1.29 is 13.9 Å². The van der Waals surface area contributed by atoms with Crippen LogP contribution in [0.25, 0.3) is 11.0 Å². The Morgan fingerprint density at radius 2 is 2.12 bits per heavy atom. The van der Waals surface area contributed by atoms with E-state index in [0.717, 1.165) is 37.7 Å². The number of fused-ring (bicyclic) bond motifs is 1. The summed E-state index contributed by atoms with van der Waals surface area (Å²) >= 11 is 6.09. The van der Waals surface area contributed by atoms with Crippen molar-refractivity contribution in [1.82, 2.24) is 9.80 Å². The molecular weight excluding hydrogens is 328 g/mol. The van der Waals surface area contributed by atoms with Gasteiger partial charge >= 0.3 is 0 Å². The molecule has 2 heterocycles. The van der Waals surface area contributed by atoms with Gasteiger partial charge in [0.15, 0.2) is 17.1 Å². The van der Waals surface area contributed by atoms with E-state index in [9.17, 15) is 4.79 Å². The normalized spacial score (nSPS) is 18.9. The number of likely N-dealkylation sites (N-methyl/N-ethyl adjacent to an activating group) is 1. The zero-order valence-electron chi connectivity index (χ0n) is 14.3. The van der Waals surface area contributed by atoms with Gasteiger partial charge in [-0.05, 0) is 39.1 Å². The quantitative estimate of drug-likeness (QED) is 0.847. The van der Waals surface area contributed by atoms with Crippen LogP contribution in [0.4, 0.5) is 0 Å². The van der Waals surface area contributed by atoms with Gasteiger partial charge in [-0.2, -0.15) is 0 Å². The van der Waals surface area contributed by atoms with E-state index in [2.05, 4.69) is 19.0 Å². The first-order chi connectivity index (χ1) is 11.5. The van der Waals surface area contributed by atoms with Crippen LogP contribution in [0.2, 0.25) is 5.02 Å². The molecule has 0 bridgehead atoms. The number of amides is 1. The molecule has 3 rings (SSSR count). The maximum atomic E-state index is 12.9. The summed E-state index contributed by atoms with van der Waals surface area (Å²) in [6.07, 6.45) is 3.27. The second-order valence-electron chi connectivity index (χ2n) is 6.50. The van der Waals surface area contributed by atoms with Crippen LogP contribution in [-0.2, 0) is 0 Å². The maximum absolute atomic E-state index is 12.9. The summed E-state index contributed by atoms with van der Waals surface area (Å²) in [5.74, 6) is 0.807. The lowest BCUT2D eigenvalue weighted by molar-refractivity contribution is 0.0696. The standard InChI is InChI=1S/C18H23ClN2O3/c1-20(2)14-6-4-5-7-21(11-14)18(22)16-9-12-8-13(19)10-15(23-3)17(12)24-16/h8-10,14H,4-7,11H2,1-3H3/t14-/m0/s1. The molecule has 1 saturated heterocycles. The number of furan rings is 1. The first kappa shape index (κ1) is 17.1. The minimum atomic E-state index is -0.0712. The summed E-state index contributed by atoms with van der Waals surface area (Å²) in [6, 6.07) is 5.60. The summed E-state index contributed by atoms with van der Waals surface area (Å²) in [5.41, 5.74) is 0.559. The fourth-order valence-corrected chi connectivity index (χ4v) is 3.44. The lowest BCUT2D eigenvalue weighted by atomic mass is 10.1. The van der Waals surface area contributed by atoms with E-state index in [0.29, 0.717) is 28.2 Å². The van der Waals surface area contributed by atoms with Crippen LogP contribution in [0.1, 0.15) is 29.8 Å². The molecule has 1 fully saturated rings. The van der Waals surface area contributed by atoms with E-state index < -0.39 is 0 Å². The Balaban J connectivity index is 1.90. The van der Waals surface area contributed by atoms with Crippen LogP contribution >= 0.6 is 11.6 Å². The molecule has 5 nitrogen and oxygen atoms in total. The molecule has 0 radical (unpaired) electrons. The van der Waals surface area contributed by atoms with Gasteiger partial charge in [0, 0.05) is 35.6 Å². The molecule has 0 N–H and O–H groups in total. The average Bonchev–Trinajstić information content (AvgIpc) is 2.81. The van der Waals surface area contributed by atoms with Crippen molar-refractivity contribution in [3.05, 3.63) is 29.0 Å². The summed E-state index contributed by atoms with van der Waals surface area (Å²) in [5, 5.41) is 1.34. The lowest BCUT2D eigenvalue weighted by Gasteiger charge is -2.28. The SMILES string of the molecule is COc1cc(Cl)cc2cc(C(=O)N3CCCC[C@H](N(C)C)C3)oc12. The van der Waals surface area contributed by atoms with Crippen LogP contribution in [0, 0.1) is 0 Å². The highest BCUT2D eigenvalue weighted by Gasteiger charge is 2.26. The van der Waals surface area contributed by atoms with E-state index in [1.54, 1.807) is 25.3 Å². The minimum absolute atomic E-state index is 0.0712. The van der Waals surface area contributed by atoms with Crippen LogP contribution in [0.15, 0.2) is 22.6 Å². The van der Waals surface area contributed by atoms with Gasteiger partial charge in [-0.3, -0.25) is 4.79 Å². The average molecular weight is 351 g/mol. The third-order valence-electron chi connectivity index (χ3n) is 4.64. The van der Waals surface area contributed by atoms with Gasteiger partial charge in [0.05, 0.1) is 7.11 Å². The third kappa shape index (κ3) is 3.37. The summed E-state index contributed by atoms with van der Waals surface area (Å²) in [7, 11) is 5.69. The Morgan fingerprint density at radius 1 is 1.33 bits per heavy atom. The molecule has 6 heteroatoms. The number of nitrogens with zero attached hydrogens (tertiary/aromatic N) is 2. The fraction of sp³-hybridized carbons (Fsp3) is 0.500. The lowest BCUT2D eigenvalue weighted by Crippen LogP contribution is -2.41. The van der Waals surface area contributed by atoms with Gasteiger partial charge in [0.1, 0.15) is 0 Å². The van der Waals surface area contributed by atoms with Crippen molar-refractivity contribution in [2.75, 3.05) is 34.3 Å². The highest BCUT2D eigenvalue weighted by molar-refractivity contribution is 6.31. The zero-order valence-corrected chi connectivity index (χ0v) is 15.1. The molecular formula is C18H23ClN2O3.